The van der Waals surface area contributed by atoms with Crippen LogP contribution < -0.4 is 0 Å². The quantitative estimate of drug-likeness (QED) is 0.629. The van der Waals surface area contributed by atoms with Gasteiger partial charge in [-0.3, -0.25) is 4.79 Å². The van der Waals surface area contributed by atoms with Gasteiger partial charge in [0, 0.05) is 37.9 Å². The maximum Gasteiger partial charge on any atom is 0.226 e. The van der Waals surface area contributed by atoms with E-state index < -0.39 is 0 Å². The molecule has 1 atom stereocenters. The Kier molecular flexibility index (Phi) is 4.58. The van der Waals surface area contributed by atoms with Crippen LogP contribution in [-0.2, 0) is 17.8 Å². The molecule has 28 heavy (non-hydrogen) atoms. The van der Waals surface area contributed by atoms with Gasteiger partial charge >= 0.3 is 0 Å². The van der Waals surface area contributed by atoms with E-state index in [4.69, 9.17) is 4.52 Å². The van der Waals surface area contributed by atoms with Crippen molar-refractivity contribution in [1.82, 2.24) is 24.6 Å². The zero-order valence-corrected chi connectivity index (χ0v) is 16.0. The Labute approximate surface area is 163 Å². The number of para-hydroxylation sites is 2. The molecule has 1 aromatic carbocycles. The van der Waals surface area contributed by atoms with E-state index in [0.717, 1.165) is 49.2 Å². The molecule has 1 aliphatic heterocycles. The summed E-state index contributed by atoms with van der Waals surface area (Å²) in [6.45, 7) is 1.66. The van der Waals surface area contributed by atoms with Crippen LogP contribution in [0.25, 0.3) is 11.0 Å². The number of aromatic nitrogens is 4. The summed E-state index contributed by atoms with van der Waals surface area (Å²) in [5, 5.41) is 4.04. The third-order valence-corrected chi connectivity index (χ3v) is 5.84. The average Bonchev–Trinajstić information content (AvgIpc) is 3.12. The minimum absolute atomic E-state index is 0.230. The van der Waals surface area contributed by atoms with E-state index in [9.17, 15) is 4.79 Å². The fraction of sp³-hybridized carbons (Fsp3) is 0.524. The van der Waals surface area contributed by atoms with Crippen LogP contribution in [-0.4, -0.2) is 43.1 Å². The molecule has 5 rings (SSSR count). The Balaban J connectivity index is 1.17. The molecule has 2 aromatic heterocycles. The first-order valence-electron chi connectivity index (χ1n) is 10.3. The largest absolute Gasteiger partial charge is 0.339 e. The molecular formula is C21H25N5O2. The van der Waals surface area contributed by atoms with E-state index >= 15 is 0 Å². The normalized spacial score (nSPS) is 19.6. The summed E-state index contributed by atoms with van der Waals surface area (Å²) in [6, 6.07) is 8.39. The minimum atomic E-state index is 0.230. The molecule has 3 heterocycles. The van der Waals surface area contributed by atoms with Crippen molar-refractivity contribution in [3.8, 4) is 0 Å². The summed E-state index contributed by atoms with van der Waals surface area (Å²) in [6.07, 6.45) is 8.30. The fourth-order valence-corrected chi connectivity index (χ4v) is 4.15. The van der Waals surface area contributed by atoms with E-state index in [1.54, 1.807) is 0 Å². The van der Waals surface area contributed by atoms with Gasteiger partial charge in [-0.05, 0) is 44.2 Å². The first-order valence-corrected chi connectivity index (χ1v) is 10.3. The Morgan fingerprint density at radius 2 is 2.11 bits per heavy atom. The van der Waals surface area contributed by atoms with Crippen molar-refractivity contribution in [2.24, 2.45) is 0 Å². The topological polar surface area (TPSA) is 77.0 Å². The first-order chi connectivity index (χ1) is 13.8. The van der Waals surface area contributed by atoms with E-state index in [2.05, 4.69) is 30.7 Å². The highest BCUT2D eigenvalue weighted by molar-refractivity contribution is 5.77. The summed E-state index contributed by atoms with van der Waals surface area (Å²) in [7, 11) is 0. The SMILES string of the molecule is O=C(CCCc1nc(C2CC2)no1)N1CCC[C@@H]1Cn1cnc2ccccc21. The molecule has 1 amide bonds. The van der Waals surface area contributed by atoms with Crippen molar-refractivity contribution in [3.05, 3.63) is 42.3 Å². The number of carbonyl (C=O) groups excluding carboxylic acids is 1. The summed E-state index contributed by atoms with van der Waals surface area (Å²) in [4.78, 5) is 23.8. The molecule has 2 fully saturated rings. The number of benzene rings is 1. The van der Waals surface area contributed by atoms with E-state index in [-0.39, 0.29) is 11.9 Å². The lowest BCUT2D eigenvalue weighted by atomic mass is 10.2. The lowest BCUT2D eigenvalue weighted by Crippen LogP contribution is -2.37. The molecule has 7 heteroatoms. The van der Waals surface area contributed by atoms with Crippen molar-refractivity contribution in [2.75, 3.05) is 6.54 Å². The smallest absolute Gasteiger partial charge is 0.226 e. The van der Waals surface area contributed by atoms with Crippen LogP contribution >= 0.6 is 0 Å². The second kappa shape index (κ2) is 7.37. The van der Waals surface area contributed by atoms with Crippen molar-refractivity contribution in [1.29, 1.82) is 0 Å². The number of carbonyl (C=O) groups is 1. The first kappa shape index (κ1) is 17.4. The number of hydrogen-bond acceptors (Lipinski definition) is 5. The van der Waals surface area contributed by atoms with Crippen LogP contribution in [0.2, 0.25) is 0 Å². The predicted octanol–water partition coefficient (Wildman–Crippen LogP) is 3.31. The highest BCUT2D eigenvalue weighted by Crippen LogP contribution is 2.38. The van der Waals surface area contributed by atoms with E-state index in [1.807, 2.05) is 24.5 Å². The Hall–Kier alpha value is -2.70. The maximum absolute atomic E-state index is 12.8. The van der Waals surface area contributed by atoms with Crippen LogP contribution in [0.1, 0.15) is 56.2 Å². The predicted molar refractivity (Wildman–Crippen MR) is 104 cm³/mol. The van der Waals surface area contributed by atoms with Crippen molar-refractivity contribution >= 4 is 16.9 Å². The summed E-state index contributed by atoms with van der Waals surface area (Å²) in [5.74, 6) is 2.24. The number of amides is 1. The lowest BCUT2D eigenvalue weighted by molar-refractivity contribution is -0.132. The zero-order valence-electron chi connectivity index (χ0n) is 16.0. The highest BCUT2D eigenvalue weighted by Gasteiger charge is 2.30. The Bertz CT molecular complexity index is 974. The molecule has 0 bridgehead atoms. The van der Waals surface area contributed by atoms with E-state index in [0.29, 0.717) is 24.7 Å². The number of rotatable bonds is 7. The molecule has 1 saturated heterocycles. The van der Waals surface area contributed by atoms with E-state index in [1.165, 1.54) is 12.8 Å². The molecule has 146 valence electrons. The number of aryl methyl sites for hydroxylation is 1. The molecule has 1 aliphatic carbocycles. The molecule has 7 nitrogen and oxygen atoms in total. The van der Waals surface area contributed by atoms with Crippen LogP contribution in [0.15, 0.2) is 35.1 Å². The van der Waals surface area contributed by atoms with Crippen molar-refractivity contribution in [3.63, 3.8) is 0 Å². The second-order valence-electron chi connectivity index (χ2n) is 7.94. The molecule has 2 aliphatic rings. The molecule has 0 unspecified atom stereocenters. The van der Waals surface area contributed by atoms with Gasteiger partial charge in [-0.2, -0.15) is 4.98 Å². The van der Waals surface area contributed by atoms with Gasteiger partial charge < -0.3 is 14.0 Å². The third-order valence-electron chi connectivity index (χ3n) is 5.84. The van der Waals surface area contributed by atoms with Gasteiger partial charge in [-0.1, -0.05) is 17.3 Å². The van der Waals surface area contributed by atoms with Gasteiger partial charge in [-0.15, -0.1) is 0 Å². The number of fused-ring (bicyclic) bond motifs is 1. The van der Waals surface area contributed by atoms with Gasteiger partial charge in [0.25, 0.3) is 0 Å². The standard InChI is InChI=1S/C21H25N5O2/c27-20(9-3-8-19-23-21(24-28-19)15-10-11-15)26-12-4-5-16(26)13-25-14-22-17-6-1-2-7-18(17)25/h1-2,6-7,14-16H,3-5,8-13H2/t16-/m1/s1. The molecule has 0 spiro atoms. The Morgan fingerprint density at radius 1 is 1.21 bits per heavy atom. The minimum Gasteiger partial charge on any atom is -0.339 e. The van der Waals surface area contributed by atoms with Crippen LogP contribution in [0.4, 0.5) is 0 Å². The molecule has 3 aromatic rings. The maximum atomic E-state index is 12.8. The molecule has 0 N–H and O–H groups in total. The highest BCUT2D eigenvalue weighted by atomic mass is 16.5. The number of imidazole rings is 1. The van der Waals surface area contributed by atoms with Crippen LogP contribution in [0.3, 0.4) is 0 Å². The van der Waals surface area contributed by atoms with Crippen LogP contribution in [0, 0.1) is 0 Å². The van der Waals surface area contributed by atoms with Gasteiger partial charge in [0.2, 0.25) is 11.8 Å². The van der Waals surface area contributed by atoms with Gasteiger partial charge in [0.1, 0.15) is 0 Å². The van der Waals surface area contributed by atoms with Crippen molar-refractivity contribution < 1.29 is 9.32 Å². The number of nitrogens with zero attached hydrogens (tertiary/aromatic N) is 5. The fourth-order valence-electron chi connectivity index (χ4n) is 4.15. The van der Waals surface area contributed by atoms with Crippen LogP contribution in [0.5, 0.6) is 0 Å². The van der Waals surface area contributed by atoms with Gasteiger partial charge in [0.15, 0.2) is 5.82 Å². The monoisotopic (exact) mass is 379 g/mol. The molecule has 0 radical (unpaired) electrons. The number of hydrogen-bond donors (Lipinski definition) is 0. The third kappa shape index (κ3) is 3.53. The van der Waals surface area contributed by atoms with Gasteiger partial charge in [-0.25, -0.2) is 4.98 Å². The number of likely N-dealkylation sites (tertiary alicyclic amines) is 1. The summed E-state index contributed by atoms with van der Waals surface area (Å²) in [5.41, 5.74) is 2.13. The van der Waals surface area contributed by atoms with Crippen molar-refractivity contribution in [2.45, 2.75) is 63.5 Å². The van der Waals surface area contributed by atoms with Gasteiger partial charge in [0.05, 0.1) is 17.4 Å². The summed E-state index contributed by atoms with van der Waals surface area (Å²) < 4.78 is 7.48. The Morgan fingerprint density at radius 3 is 3.00 bits per heavy atom. The second-order valence-corrected chi connectivity index (χ2v) is 7.94. The molecular weight excluding hydrogens is 354 g/mol. The average molecular weight is 379 g/mol. The molecule has 1 saturated carbocycles. The summed E-state index contributed by atoms with van der Waals surface area (Å²) >= 11 is 0. The lowest BCUT2D eigenvalue weighted by Gasteiger charge is -2.25. The zero-order chi connectivity index (χ0) is 18.9.